The summed E-state index contributed by atoms with van der Waals surface area (Å²) in [6.45, 7) is 5.07. The maximum Gasteiger partial charge on any atom is 0.188 e. The molecule has 0 saturated carbocycles. The van der Waals surface area contributed by atoms with Crippen LogP contribution in [0.2, 0.25) is 0 Å². The van der Waals surface area contributed by atoms with Crippen molar-refractivity contribution < 1.29 is 18.6 Å². The smallest absolute Gasteiger partial charge is 0.188 e. The Balaban J connectivity index is 1.47. The molecule has 4 heterocycles. The van der Waals surface area contributed by atoms with E-state index < -0.39 is 12.0 Å². The second-order valence-corrected chi connectivity index (χ2v) is 9.81. The summed E-state index contributed by atoms with van der Waals surface area (Å²) >= 11 is 0. The molecule has 0 amide bonds. The van der Waals surface area contributed by atoms with Crippen LogP contribution in [0.25, 0.3) is 16.9 Å². The van der Waals surface area contributed by atoms with E-state index in [2.05, 4.69) is 20.4 Å². The number of aromatic amines is 1. The highest BCUT2D eigenvalue weighted by atomic mass is 19.1. The third kappa shape index (κ3) is 4.34. The fourth-order valence-electron chi connectivity index (χ4n) is 5.07. The Morgan fingerprint density at radius 1 is 1.10 bits per heavy atom. The number of nitrogens with zero attached hydrogens (tertiary/aromatic N) is 5. The van der Waals surface area contributed by atoms with Gasteiger partial charge in [-0.25, -0.2) is 18.3 Å². The molecular weight excluding hydrogens is 504 g/mol. The zero-order valence-corrected chi connectivity index (χ0v) is 21.6. The van der Waals surface area contributed by atoms with E-state index in [1.165, 1.54) is 25.3 Å². The van der Waals surface area contributed by atoms with E-state index in [1.807, 2.05) is 19.9 Å². The van der Waals surface area contributed by atoms with Crippen LogP contribution >= 0.6 is 0 Å². The molecule has 0 saturated heterocycles. The van der Waals surface area contributed by atoms with Crippen LogP contribution < -0.4 is 15.0 Å². The van der Waals surface area contributed by atoms with Crippen molar-refractivity contribution in [3.8, 4) is 17.0 Å². The van der Waals surface area contributed by atoms with Gasteiger partial charge in [0.2, 0.25) is 0 Å². The number of rotatable bonds is 7. The minimum Gasteiger partial charge on any atom is -0.494 e. The fraction of sp³-hybridized carbons (Fsp3) is 0.250. The zero-order valence-electron chi connectivity index (χ0n) is 21.6. The van der Waals surface area contributed by atoms with Crippen LogP contribution in [0.15, 0.2) is 54.9 Å². The highest BCUT2D eigenvalue weighted by Gasteiger charge is 2.28. The van der Waals surface area contributed by atoms with Gasteiger partial charge in [-0.05, 0) is 41.3 Å². The summed E-state index contributed by atoms with van der Waals surface area (Å²) in [6, 6.07) is 11.4. The number of methoxy groups -OCH3 is 1. The van der Waals surface area contributed by atoms with Crippen LogP contribution in [0.4, 0.5) is 20.3 Å². The number of aliphatic hydroxyl groups is 1. The first-order valence-electron chi connectivity index (χ1n) is 12.6. The molecule has 200 valence electrons. The number of halogens is 2. The maximum absolute atomic E-state index is 14.8. The molecule has 1 aliphatic rings. The van der Waals surface area contributed by atoms with Gasteiger partial charge in [-0.2, -0.15) is 10.2 Å². The van der Waals surface area contributed by atoms with Gasteiger partial charge in [0.1, 0.15) is 17.3 Å². The lowest BCUT2D eigenvalue weighted by atomic mass is 10.0. The molecule has 0 bridgehead atoms. The van der Waals surface area contributed by atoms with Gasteiger partial charge in [-0.3, -0.25) is 5.10 Å². The summed E-state index contributed by atoms with van der Waals surface area (Å²) in [5.74, 6) is -0.210. The van der Waals surface area contributed by atoms with Gasteiger partial charge in [0, 0.05) is 36.5 Å². The molecule has 6 rings (SSSR count). The van der Waals surface area contributed by atoms with E-state index in [0.29, 0.717) is 41.5 Å². The largest absolute Gasteiger partial charge is 0.494 e. The second-order valence-electron chi connectivity index (χ2n) is 9.81. The monoisotopic (exact) mass is 531 g/mol. The number of fused-ring (bicyclic) bond motifs is 2. The van der Waals surface area contributed by atoms with Crippen LogP contribution in [0.5, 0.6) is 5.75 Å². The summed E-state index contributed by atoms with van der Waals surface area (Å²) in [7, 11) is 1.38. The molecule has 0 aliphatic carbocycles. The molecule has 0 radical (unpaired) electrons. The van der Waals surface area contributed by atoms with Crippen molar-refractivity contribution in [3.63, 3.8) is 0 Å². The number of nitrogens with one attached hydrogen (secondary N) is 2. The average Bonchev–Trinajstić information content (AvgIpc) is 3.67. The Bertz CT molecular complexity index is 1670. The average molecular weight is 532 g/mol. The lowest BCUT2D eigenvalue weighted by Gasteiger charge is -2.18. The highest BCUT2D eigenvalue weighted by Crippen LogP contribution is 2.36. The highest BCUT2D eigenvalue weighted by molar-refractivity contribution is 5.70. The summed E-state index contributed by atoms with van der Waals surface area (Å²) in [5.41, 5.74) is 5.12. The Morgan fingerprint density at radius 2 is 1.92 bits per heavy atom. The van der Waals surface area contributed by atoms with E-state index in [9.17, 15) is 13.9 Å². The third-order valence-corrected chi connectivity index (χ3v) is 6.96. The van der Waals surface area contributed by atoms with E-state index in [0.717, 1.165) is 16.7 Å². The van der Waals surface area contributed by atoms with Crippen molar-refractivity contribution in [2.24, 2.45) is 0 Å². The Labute approximate surface area is 223 Å². The minimum absolute atomic E-state index is 0.0614. The first-order chi connectivity index (χ1) is 18.8. The molecule has 1 aliphatic heterocycles. The summed E-state index contributed by atoms with van der Waals surface area (Å²) in [6.07, 6.45) is 2.11. The first kappa shape index (κ1) is 24.8. The summed E-state index contributed by atoms with van der Waals surface area (Å²) < 4.78 is 35.5. The van der Waals surface area contributed by atoms with Crippen LogP contribution in [0.3, 0.4) is 0 Å². The predicted octanol–water partition coefficient (Wildman–Crippen LogP) is 5.15. The first-order valence-corrected chi connectivity index (χ1v) is 12.6. The molecule has 5 aromatic rings. The minimum atomic E-state index is -1.33. The molecular formula is C28H27F2N7O2. The lowest BCUT2D eigenvalue weighted by Crippen LogP contribution is -2.17. The number of aliphatic hydroxyl groups excluding tert-OH is 1. The van der Waals surface area contributed by atoms with Gasteiger partial charge in [0.25, 0.3) is 0 Å². The number of H-pyrrole nitrogens is 1. The van der Waals surface area contributed by atoms with Crippen molar-refractivity contribution in [1.29, 1.82) is 0 Å². The quantitative estimate of drug-likeness (QED) is 0.250. The normalized spacial score (nSPS) is 13.8. The summed E-state index contributed by atoms with van der Waals surface area (Å²) in [4.78, 5) is 7.05. The van der Waals surface area contributed by atoms with Crippen LogP contribution in [-0.4, -0.2) is 37.0 Å². The van der Waals surface area contributed by atoms with Crippen LogP contribution in [0, 0.1) is 11.6 Å². The molecule has 1 atom stereocenters. The molecule has 0 fully saturated rings. The number of benzene rings is 2. The number of anilines is 2. The van der Waals surface area contributed by atoms with E-state index in [-0.39, 0.29) is 23.2 Å². The SMILES string of the molecule is COc1cccc(NC(O)c2nn3c(-c4cn[nH]c4)cc(N4Cc5ccc(F)cc5C4)nc3c2C(C)C)c1F. The van der Waals surface area contributed by atoms with Crippen LogP contribution in [-0.2, 0) is 13.1 Å². The van der Waals surface area contributed by atoms with Gasteiger partial charge >= 0.3 is 0 Å². The molecule has 11 heteroatoms. The van der Waals surface area contributed by atoms with Gasteiger partial charge < -0.3 is 20.1 Å². The fourth-order valence-corrected chi connectivity index (χ4v) is 5.07. The van der Waals surface area contributed by atoms with Crippen LogP contribution in [0.1, 0.15) is 48.4 Å². The van der Waals surface area contributed by atoms with E-state index >= 15 is 0 Å². The Hall–Kier alpha value is -4.51. The van der Waals surface area contributed by atoms with Crippen molar-refractivity contribution >= 4 is 17.2 Å². The number of hydrogen-bond donors (Lipinski definition) is 3. The topological polar surface area (TPSA) is 104 Å². The molecule has 0 spiro atoms. The lowest BCUT2D eigenvalue weighted by molar-refractivity contribution is 0.200. The number of hydrogen-bond acceptors (Lipinski definition) is 7. The number of aromatic nitrogens is 5. The molecule has 1 unspecified atom stereocenters. The van der Waals surface area contributed by atoms with Crippen molar-refractivity contribution in [1.82, 2.24) is 24.8 Å². The van der Waals surface area contributed by atoms with Crippen molar-refractivity contribution in [3.05, 3.63) is 88.9 Å². The van der Waals surface area contributed by atoms with Gasteiger partial charge in [-0.1, -0.05) is 26.0 Å². The zero-order chi connectivity index (χ0) is 27.3. The van der Waals surface area contributed by atoms with E-state index in [4.69, 9.17) is 14.8 Å². The third-order valence-electron chi connectivity index (χ3n) is 6.96. The predicted molar refractivity (Wildman–Crippen MR) is 142 cm³/mol. The van der Waals surface area contributed by atoms with Gasteiger partial charge in [0.05, 0.1) is 24.7 Å². The maximum atomic E-state index is 14.8. The molecule has 2 aromatic carbocycles. The van der Waals surface area contributed by atoms with Crippen molar-refractivity contribution in [2.75, 3.05) is 17.3 Å². The molecule has 3 N–H and O–H groups in total. The van der Waals surface area contributed by atoms with Gasteiger partial charge in [0.15, 0.2) is 23.4 Å². The summed E-state index contributed by atoms with van der Waals surface area (Å²) in [5, 5.41) is 25.8. The standard InChI is InChI=1S/C28H27F2N7O2/c1-15(2)24-26(28(38)33-20-5-4-6-22(39-3)25(20)30)35-37-21(18-11-31-32-12-18)10-23(34-27(24)37)36-13-16-7-8-19(29)9-17(16)14-36/h4-12,15,28,33,38H,13-14H2,1-3H3,(H,31,32). The second kappa shape index (κ2) is 9.66. The molecule has 3 aromatic heterocycles. The van der Waals surface area contributed by atoms with Crippen molar-refractivity contribution in [2.45, 2.75) is 39.1 Å². The van der Waals surface area contributed by atoms with Gasteiger partial charge in [-0.15, -0.1) is 0 Å². The molecule has 9 nitrogen and oxygen atoms in total. The Kier molecular flexibility index (Phi) is 6.15. The molecule has 39 heavy (non-hydrogen) atoms. The Morgan fingerprint density at radius 3 is 2.67 bits per heavy atom. The van der Waals surface area contributed by atoms with E-state index in [1.54, 1.807) is 35.1 Å². The number of ether oxygens (including phenoxy) is 1.